The van der Waals surface area contributed by atoms with Gasteiger partial charge in [0.1, 0.15) is 0 Å². The fourth-order valence-electron chi connectivity index (χ4n) is 3.20. The van der Waals surface area contributed by atoms with Crippen LogP contribution < -0.4 is 0 Å². The van der Waals surface area contributed by atoms with Gasteiger partial charge in [0, 0.05) is 5.92 Å². The molecule has 2 aromatic rings. The zero-order chi connectivity index (χ0) is 13.8. The summed E-state index contributed by atoms with van der Waals surface area (Å²) in [5, 5.41) is 0. The molecule has 1 atom stereocenters. The second-order valence-electron chi connectivity index (χ2n) is 6.81. The smallest absolute Gasteiger partial charge is 0.00734 e. The van der Waals surface area contributed by atoms with Gasteiger partial charge in [-0.3, -0.25) is 0 Å². The first-order valence-electron chi connectivity index (χ1n) is 7.14. The van der Waals surface area contributed by atoms with Crippen molar-refractivity contribution in [1.82, 2.24) is 0 Å². The Morgan fingerprint density at radius 1 is 0.947 bits per heavy atom. The molecule has 19 heavy (non-hydrogen) atoms. The van der Waals surface area contributed by atoms with Gasteiger partial charge in [-0.15, -0.1) is 0 Å². The van der Waals surface area contributed by atoms with Crippen LogP contribution in [0.15, 0.2) is 36.4 Å². The van der Waals surface area contributed by atoms with Crippen LogP contribution in [0.2, 0.25) is 0 Å². The average Bonchev–Trinajstić information content (AvgIpc) is 2.63. The van der Waals surface area contributed by atoms with E-state index in [1.807, 2.05) is 0 Å². The van der Waals surface area contributed by atoms with Crippen molar-refractivity contribution in [3.8, 4) is 11.1 Å². The van der Waals surface area contributed by atoms with E-state index in [1.165, 1.54) is 33.4 Å². The fraction of sp³-hybridized carbons (Fsp3) is 0.368. The van der Waals surface area contributed by atoms with Gasteiger partial charge in [-0.05, 0) is 45.7 Å². The zero-order valence-corrected chi connectivity index (χ0v) is 12.5. The molecule has 98 valence electrons. The minimum atomic E-state index is 0.212. The summed E-state index contributed by atoms with van der Waals surface area (Å²) in [5.41, 5.74) is 8.93. The summed E-state index contributed by atoms with van der Waals surface area (Å²) >= 11 is 0. The molecule has 0 bridgehead atoms. The maximum absolute atomic E-state index is 2.41. The van der Waals surface area contributed by atoms with E-state index in [-0.39, 0.29) is 5.41 Å². The molecule has 1 aliphatic rings. The van der Waals surface area contributed by atoms with Gasteiger partial charge in [0.15, 0.2) is 0 Å². The minimum Gasteiger partial charge on any atom is -0.0617 e. The third kappa shape index (κ3) is 1.82. The van der Waals surface area contributed by atoms with Crippen molar-refractivity contribution in [1.29, 1.82) is 0 Å². The summed E-state index contributed by atoms with van der Waals surface area (Å²) in [7, 11) is 0. The quantitative estimate of drug-likeness (QED) is 0.585. The standard InChI is InChI=1S/C19H22/c1-12-7-6-8-16-13(2)15-10-9-14(19(3,4)5)11-17(15)18(12)16/h6-11,13H,1-5H3. The van der Waals surface area contributed by atoms with Crippen LogP contribution in [-0.4, -0.2) is 0 Å². The molecule has 0 aromatic heterocycles. The molecule has 1 aliphatic carbocycles. The van der Waals surface area contributed by atoms with Gasteiger partial charge < -0.3 is 0 Å². The van der Waals surface area contributed by atoms with Gasteiger partial charge in [0.05, 0.1) is 0 Å². The number of hydrogen-bond donors (Lipinski definition) is 0. The third-order valence-corrected chi connectivity index (χ3v) is 4.43. The predicted octanol–water partition coefficient (Wildman–Crippen LogP) is 5.42. The first-order chi connectivity index (χ1) is 8.89. The third-order valence-electron chi connectivity index (χ3n) is 4.43. The van der Waals surface area contributed by atoms with E-state index < -0.39 is 0 Å². The van der Waals surface area contributed by atoms with E-state index in [9.17, 15) is 0 Å². The lowest BCUT2D eigenvalue weighted by molar-refractivity contribution is 0.590. The van der Waals surface area contributed by atoms with Crippen LogP contribution >= 0.6 is 0 Å². The lowest BCUT2D eigenvalue weighted by Crippen LogP contribution is -2.11. The monoisotopic (exact) mass is 250 g/mol. The molecule has 3 rings (SSSR count). The second kappa shape index (κ2) is 3.96. The van der Waals surface area contributed by atoms with Gasteiger partial charge in [-0.2, -0.15) is 0 Å². The Morgan fingerprint density at radius 2 is 1.68 bits per heavy atom. The summed E-state index contributed by atoms with van der Waals surface area (Å²) in [6.07, 6.45) is 0. The highest BCUT2D eigenvalue weighted by atomic mass is 14.3. The molecular weight excluding hydrogens is 228 g/mol. The minimum absolute atomic E-state index is 0.212. The Hall–Kier alpha value is -1.56. The number of rotatable bonds is 0. The summed E-state index contributed by atoms with van der Waals surface area (Å²) < 4.78 is 0. The number of aryl methyl sites for hydroxylation is 1. The van der Waals surface area contributed by atoms with Crippen molar-refractivity contribution >= 4 is 0 Å². The van der Waals surface area contributed by atoms with E-state index in [2.05, 4.69) is 71.0 Å². The molecule has 1 unspecified atom stereocenters. The summed E-state index contributed by atoms with van der Waals surface area (Å²) in [4.78, 5) is 0. The Balaban J connectivity index is 2.28. The van der Waals surface area contributed by atoms with E-state index in [1.54, 1.807) is 0 Å². The van der Waals surface area contributed by atoms with Crippen LogP contribution in [0.5, 0.6) is 0 Å². The van der Waals surface area contributed by atoms with Crippen LogP contribution in [0.1, 0.15) is 55.9 Å². The molecule has 0 heterocycles. The zero-order valence-electron chi connectivity index (χ0n) is 12.5. The van der Waals surface area contributed by atoms with Gasteiger partial charge in [-0.1, -0.05) is 64.1 Å². The van der Waals surface area contributed by atoms with E-state index >= 15 is 0 Å². The van der Waals surface area contributed by atoms with E-state index in [0.717, 1.165) is 0 Å². The highest BCUT2D eigenvalue weighted by molar-refractivity contribution is 5.81. The summed E-state index contributed by atoms with van der Waals surface area (Å²) in [5.74, 6) is 0.527. The Bertz CT molecular complexity index is 642. The van der Waals surface area contributed by atoms with Crippen LogP contribution in [0.4, 0.5) is 0 Å². The SMILES string of the molecule is Cc1cccc2c1-c1cc(C(C)(C)C)ccc1C2C. The van der Waals surface area contributed by atoms with Crippen molar-refractivity contribution in [3.05, 3.63) is 58.7 Å². The molecule has 2 aromatic carbocycles. The average molecular weight is 250 g/mol. The van der Waals surface area contributed by atoms with Crippen LogP contribution in [0.25, 0.3) is 11.1 Å². The van der Waals surface area contributed by atoms with Gasteiger partial charge in [0.25, 0.3) is 0 Å². The van der Waals surface area contributed by atoms with Crippen molar-refractivity contribution in [3.63, 3.8) is 0 Å². The maximum Gasteiger partial charge on any atom is 0.00734 e. The van der Waals surface area contributed by atoms with Crippen molar-refractivity contribution in [2.75, 3.05) is 0 Å². The van der Waals surface area contributed by atoms with Crippen LogP contribution in [0.3, 0.4) is 0 Å². The molecule has 0 heteroatoms. The maximum atomic E-state index is 2.41. The Morgan fingerprint density at radius 3 is 2.37 bits per heavy atom. The van der Waals surface area contributed by atoms with Crippen LogP contribution in [0, 0.1) is 6.92 Å². The normalized spacial score (nSPS) is 17.2. The van der Waals surface area contributed by atoms with Crippen molar-refractivity contribution in [2.45, 2.75) is 46.0 Å². The predicted molar refractivity (Wildman–Crippen MR) is 82.8 cm³/mol. The van der Waals surface area contributed by atoms with Gasteiger partial charge in [0.2, 0.25) is 0 Å². The van der Waals surface area contributed by atoms with Crippen molar-refractivity contribution < 1.29 is 0 Å². The number of hydrogen-bond acceptors (Lipinski definition) is 0. The van der Waals surface area contributed by atoms with Gasteiger partial charge in [-0.25, -0.2) is 0 Å². The fourth-order valence-corrected chi connectivity index (χ4v) is 3.20. The molecule has 0 saturated carbocycles. The van der Waals surface area contributed by atoms with Gasteiger partial charge >= 0.3 is 0 Å². The molecule has 0 nitrogen and oxygen atoms in total. The summed E-state index contributed by atoms with van der Waals surface area (Å²) in [6, 6.07) is 13.7. The molecule has 0 saturated heterocycles. The highest BCUT2D eigenvalue weighted by Crippen LogP contribution is 2.47. The molecule has 0 amide bonds. The number of fused-ring (bicyclic) bond motifs is 3. The molecule has 0 radical (unpaired) electrons. The van der Waals surface area contributed by atoms with Crippen LogP contribution in [-0.2, 0) is 5.41 Å². The highest BCUT2D eigenvalue weighted by Gasteiger charge is 2.27. The number of benzene rings is 2. The molecule has 0 N–H and O–H groups in total. The first kappa shape index (κ1) is 12.5. The molecule has 0 spiro atoms. The topological polar surface area (TPSA) is 0 Å². The lowest BCUT2D eigenvalue weighted by atomic mass is 9.84. The first-order valence-corrected chi connectivity index (χ1v) is 7.14. The molecule has 0 fully saturated rings. The lowest BCUT2D eigenvalue weighted by Gasteiger charge is -2.20. The van der Waals surface area contributed by atoms with E-state index in [4.69, 9.17) is 0 Å². The van der Waals surface area contributed by atoms with Crippen molar-refractivity contribution in [2.24, 2.45) is 0 Å². The Kier molecular flexibility index (Phi) is 2.60. The summed E-state index contributed by atoms with van der Waals surface area (Å²) in [6.45, 7) is 11.4. The van der Waals surface area contributed by atoms with E-state index in [0.29, 0.717) is 5.92 Å². The largest absolute Gasteiger partial charge is 0.0617 e. The second-order valence-corrected chi connectivity index (χ2v) is 6.81. The Labute approximate surface area is 116 Å². The molecular formula is C19H22. The molecule has 0 aliphatic heterocycles.